The molecule has 1 aromatic heterocycles. The summed E-state index contributed by atoms with van der Waals surface area (Å²) in [5.41, 5.74) is 2.10. The van der Waals surface area contributed by atoms with Gasteiger partial charge in [-0.15, -0.1) is 0 Å². The van der Waals surface area contributed by atoms with E-state index in [2.05, 4.69) is 41.7 Å². The SMILES string of the molecule is CNCCC(c1ccccc1)c1cc2cccc(OC)c2o1. The highest BCUT2D eigenvalue weighted by atomic mass is 16.5. The van der Waals surface area contributed by atoms with Gasteiger partial charge >= 0.3 is 0 Å². The average molecular weight is 295 g/mol. The lowest BCUT2D eigenvalue weighted by Crippen LogP contribution is -2.12. The molecule has 0 bridgehead atoms. The summed E-state index contributed by atoms with van der Waals surface area (Å²) >= 11 is 0. The lowest BCUT2D eigenvalue weighted by molar-refractivity contribution is 0.405. The second kappa shape index (κ2) is 6.67. The van der Waals surface area contributed by atoms with Gasteiger partial charge in [0.2, 0.25) is 0 Å². The molecule has 0 radical (unpaired) electrons. The van der Waals surface area contributed by atoms with Crippen LogP contribution in [0.5, 0.6) is 5.75 Å². The summed E-state index contributed by atoms with van der Waals surface area (Å²) < 4.78 is 11.6. The molecule has 1 heterocycles. The molecule has 0 aliphatic rings. The molecule has 1 atom stereocenters. The number of nitrogens with one attached hydrogen (secondary N) is 1. The Morgan fingerprint density at radius 2 is 1.91 bits per heavy atom. The first-order valence-electron chi connectivity index (χ1n) is 7.59. The van der Waals surface area contributed by atoms with Crippen molar-refractivity contribution in [2.45, 2.75) is 12.3 Å². The van der Waals surface area contributed by atoms with Gasteiger partial charge in [-0.25, -0.2) is 0 Å². The van der Waals surface area contributed by atoms with Crippen LogP contribution in [0.3, 0.4) is 0 Å². The molecular formula is C19H21NO2. The van der Waals surface area contributed by atoms with E-state index in [0.717, 1.165) is 35.4 Å². The molecule has 0 aliphatic carbocycles. The van der Waals surface area contributed by atoms with Gasteiger partial charge in [-0.3, -0.25) is 0 Å². The summed E-state index contributed by atoms with van der Waals surface area (Å²) in [4.78, 5) is 0. The second-order valence-corrected chi connectivity index (χ2v) is 5.38. The van der Waals surface area contributed by atoms with Gasteiger partial charge in [0, 0.05) is 11.3 Å². The maximum atomic E-state index is 6.15. The van der Waals surface area contributed by atoms with Crippen LogP contribution in [-0.2, 0) is 0 Å². The number of fused-ring (bicyclic) bond motifs is 1. The van der Waals surface area contributed by atoms with Crippen LogP contribution in [0.1, 0.15) is 23.7 Å². The Kier molecular flexibility index (Phi) is 4.45. The maximum Gasteiger partial charge on any atom is 0.176 e. The fourth-order valence-corrected chi connectivity index (χ4v) is 2.84. The van der Waals surface area contributed by atoms with Crippen molar-refractivity contribution in [3.63, 3.8) is 0 Å². The van der Waals surface area contributed by atoms with Gasteiger partial charge in [-0.1, -0.05) is 42.5 Å². The number of furan rings is 1. The van der Waals surface area contributed by atoms with Crippen LogP contribution in [0.15, 0.2) is 59.0 Å². The van der Waals surface area contributed by atoms with Crippen LogP contribution < -0.4 is 10.1 Å². The van der Waals surface area contributed by atoms with Gasteiger partial charge in [0.25, 0.3) is 0 Å². The Labute approximate surface area is 130 Å². The van der Waals surface area contributed by atoms with Crippen LogP contribution >= 0.6 is 0 Å². The van der Waals surface area contributed by atoms with E-state index in [1.54, 1.807) is 7.11 Å². The third-order valence-corrected chi connectivity index (χ3v) is 3.98. The zero-order valence-electron chi connectivity index (χ0n) is 13.0. The minimum absolute atomic E-state index is 0.241. The van der Waals surface area contributed by atoms with Crippen LogP contribution in [0.4, 0.5) is 0 Å². The number of benzene rings is 2. The van der Waals surface area contributed by atoms with Crippen molar-refractivity contribution in [2.75, 3.05) is 20.7 Å². The van der Waals surface area contributed by atoms with E-state index in [4.69, 9.17) is 9.15 Å². The molecule has 0 aliphatic heterocycles. The fourth-order valence-electron chi connectivity index (χ4n) is 2.84. The second-order valence-electron chi connectivity index (χ2n) is 5.38. The molecule has 2 aromatic carbocycles. The van der Waals surface area contributed by atoms with Crippen molar-refractivity contribution in [1.29, 1.82) is 0 Å². The van der Waals surface area contributed by atoms with E-state index in [0.29, 0.717) is 0 Å². The number of hydrogen-bond acceptors (Lipinski definition) is 3. The predicted molar refractivity (Wildman–Crippen MR) is 89.6 cm³/mol. The molecular weight excluding hydrogens is 274 g/mol. The molecule has 0 amide bonds. The normalized spacial score (nSPS) is 12.5. The highest BCUT2D eigenvalue weighted by Gasteiger charge is 2.19. The van der Waals surface area contributed by atoms with E-state index in [9.17, 15) is 0 Å². The van der Waals surface area contributed by atoms with Gasteiger partial charge in [0.15, 0.2) is 11.3 Å². The average Bonchev–Trinajstić information content (AvgIpc) is 3.00. The van der Waals surface area contributed by atoms with Crippen LogP contribution in [0, 0.1) is 0 Å². The first-order chi connectivity index (χ1) is 10.8. The molecule has 0 spiro atoms. The Balaban J connectivity index is 2.04. The summed E-state index contributed by atoms with van der Waals surface area (Å²) in [6.07, 6.45) is 0.989. The van der Waals surface area contributed by atoms with Gasteiger partial charge < -0.3 is 14.5 Å². The van der Waals surface area contributed by atoms with E-state index < -0.39 is 0 Å². The van der Waals surface area contributed by atoms with E-state index in [1.807, 2.05) is 25.2 Å². The molecule has 0 saturated carbocycles. The number of para-hydroxylation sites is 1. The van der Waals surface area contributed by atoms with Crippen LogP contribution in [0.25, 0.3) is 11.0 Å². The quantitative estimate of drug-likeness (QED) is 0.740. The Morgan fingerprint density at radius 3 is 2.64 bits per heavy atom. The van der Waals surface area contributed by atoms with Crippen LogP contribution in [0.2, 0.25) is 0 Å². The Morgan fingerprint density at radius 1 is 1.09 bits per heavy atom. The number of rotatable bonds is 6. The fraction of sp³-hybridized carbons (Fsp3) is 0.263. The zero-order valence-corrected chi connectivity index (χ0v) is 13.0. The van der Waals surface area contributed by atoms with Crippen LogP contribution in [-0.4, -0.2) is 20.7 Å². The van der Waals surface area contributed by atoms with E-state index >= 15 is 0 Å². The number of hydrogen-bond donors (Lipinski definition) is 1. The first-order valence-corrected chi connectivity index (χ1v) is 7.59. The van der Waals surface area contributed by atoms with Crippen molar-refractivity contribution < 1.29 is 9.15 Å². The number of ether oxygens (including phenoxy) is 1. The topological polar surface area (TPSA) is 34.4 Å². The van der Waals surface area contributed by atoms with Crippen molar-refractivity contribution in [2.24, 2.45) is 0 Å². The molecule has 0 saturated heterocycles. The molecule has 0 fully saturated rings. The molecule has 3 heteroatoms. The van der Waals surface area contributed by atoms with E-state index in [1.165, 1.54) is 5.56 Å². The molecule has 3 nitrogen and oxygen atoms in total. The lowest BCUT2D eigenvalue weighted by Gasteiger charge is -2.14. The highest BCUT2D eigenvalue weighted by Crippen LogP contribution is 2.35. The van der Waals surface area contributed by atoms with Crippen molar-refractivity contribution in [3.8, 4) is 5.75 Å². The van der Waals surface area contributed by atoms with E-state index in [-0.39, 0.29) is 5.92 Å². The zero-order chi connectivity index (χ0) is 15.4. The largest absolute Gasteiger partial charge is 0.493 e. The predicted octanol–water partition coefficient (Wildman–Crippen LogP) is 4.18. The third-order valence-electron chi connectivity index (χ3n) is 3.98. The lowest BCUT2D eigenvalue weighted by atomic mass is 9.93. The Hall–Kier alpha value is -2.26. The monoisotopic (exact) mass is 295 g/mol. The summed E-state index contributed by atoms with van der Waals surface area (Å²) in [5.74, 6) is 2.01. The molecule has 22 heavy (non-hydrogen) atoms. The molecule has 3 aromatic rings. The maximum absolute atomic E-state index is 6.15. The van der Waals surface area contributed by atoms with Gasteiger partial charge in [0.05, 0.1) is 7.11 Å². The van der Waals surface area contributed by atoms with Crippen molar-refractivity contribution >= 4 is 11.0 Å². The summed E-state index contributed by atoms with van der Waals surface area (Å²) in [5, 5.41) is 4.31. The van der Waals surface area contributed by atoms with Crippen molar-refractivity contribution in [3.05, 3.63) is 65.9 Å². The summed E-state index contributed by atoms with van der Waals surface area (Å²) in [7, 11) is 3.65. The molecule has 1 N–H and O–H groups in total. The van der Waals surface area contributed by atoms with Gasteiger partial charge in [-0.2, -0.15) is 0 Å². The molecule has 1 unspecified atom stereocenters. The van der Waals surface area contributed by atoms with Gasteiger partial charge in [0.1, 0.15) is 5.76 Å². The Bertz CT molecular complexity index is 734. The minimum atomic E-state index is 0.241. The van der Waals surface area contributed by atoms with Gasteiger partial charge in [-0.05, 0) is 37.7 Å². The summed E-state index contributed by atoms with van der Waals surface area (Å²) in [6.45, 7) is 0.938. The van der Waals surface area contributed by atoms with Crippen molar-refractivity contribution in [1.82, 2.24) is 5.32 Å². The smallest absolute Gasteiger partial charge is 0.176 e. The number of methoxy groups -OCH3 is 1. The third kappa shape index (κ3) is 2.85. The molecule has 114 valence electrons. The summed E-state index contributed by atoms with van der Waals surface area (Å²) in [6, 6.07) is 18.6. The minimum Gasteiger partial charge on any atom is -0.493 e. The standard InChI is InChI=1S/C19H21NO2/c1-20-12-11-16(14-7-4-3-5-8-14)18-13-15-9-6-10-17(21-2)19(15)22-18/h3-10,13,16,20H,11-12H2,1-2H3. The first kappa shape index (κ1) is 14.7. The highest BCUT2D eigenvalue weighted by molar-refractivity contribution is 5.83. The molecule has 3 rings (SSSR count).